The van der Waals surface area contributed by atoms with Crippen LogP contribution in [0.4, 0.5) is 19.0 Å². The molecule has 27 heavy (non-hydrogen) atoms. The second-order valence-corrected chi connectivity index (χ2v) is 6.07. The summed E-state index contributed by atoms with van der Waals surface area (Å²) < 4.78 is 42.2. The molecular formula is C18H17F3N4O2. The first kappa shape index (κ1) is 18.9. The lowest BCUT2D eigenvalue weighted by Crippen LogP contribution is -2.29. The number of halogens is 3. The van der Waals surface area contributed by atoms with E-state index in [2.05, 4.69) is 9.97 Å². The molecule has 1 aliphatic heterocycles. The number of hydrogen-bond donors (Lipinski definition) is 1. The lowest BCUT2D eigenvalue weighted by molar-refractivity contribution is -0.154. The van der Waals surface area contributed by atoms with Crippen LogP contribution in [0.1, 0.15) is 22.5 Å². The van der Waals surface area contributed by atoms with Crippen molar-refractivity contribution in [2.45, 2.75) is 25.6 Å². The number of aliphatic hydroxyl groups is 1. The number of aromatic nitrogens is 2. The highest BCUT2D eigenvalue weighted by molar-refractivity contribution is 5.59. The summed E-state index contributed by atoms with van der Waals surface area (Å²) >= 11 is 0. The van der Waals surface area contributed by atoms with E-state index < -0.39 is 25.3 Å². The van der Waals surface area contributed by atoms with Gasteiger partial charge in [0, 0.05) is 13.1 Å². The van der Waals surface area contributed by atoms with Crippen molar-refractivity contribution in [2.24, 2.45) is 0 Å². The Hall–Kier alpha value is -2.86. The summed E-state index contributed by atoms with van der Waals surface area (Å²) in [4.78, 5) is 9.75. The van der Waals surface area contributed by atoms with Gasteiger partial charge in [-0.15, -0.1) is 0 Å². The third kappa shape index (κ3) is 4.46. The molecule has 2 heterocycles. The Bertz CT molecular complexity index is 838. The molecule has 6 nitrogen and oxygen atoms in total. The molecule has 142 valence electrons. The van der Waals surface area contributed by atoms with Gasteiger partial charge in [-0.05, 0) is 24.0 Å². The number of aliphatic hydroxyl groups excluding tert-OH is 1. The second-order valence-electron chi connectivity index (χ2n) is 6.07. The van der Waals surface area contributed by atoms with Crippen molar-refractivity contribution in [3.05, 3.63) is 46.8 Å². The first-order chi connectivity index (χ1) is 12.9. The average molecular weight is 378 g/mol. The van der Waals surface area contributed by atoms with Gasteiger partial charge >= 0.3 is 6.18 Å². The Kier molecular flexibility index (Phi) is 5.46. The molecule has 0 radical (unpaired) electrons. The van der Waals surface area contributed by atoms with Gasteiger partial charge in [0.15, 0.2) is 23.8 Å². The molecule has 3 rings (SSSR count). The minimum absolute atomic E-state index is 0.0945. The maximum absolute atomic E-state index is 12.5. The Morgan fingerprint density at radius 3 is 2.30 bits per heavy atom. The summed E-state index contributed by atoms with van der Waals surface area (Å²) in [7, 11) is 0. The highest BCUT2D eigenvalue weighted by atomic mass is 19.4. The largest absolute Gasteiger partial charge is 0.467 e. The van der Waals surface area contributed by atoms with Gasteiger partial charge in [-0.2, -0.15) is 23.4 Å². The molecule has 0 amide bonds. The van der Waals surface area contributed by atoms with Gasteiger partial charge < -0.3 is 14.7 Å². The highest BCUT2D eigenvalue weighted by Gasteiger charge is 2.30. The molecule has 0 unspecified atom stereocenters. The first-order valence-electron chi connectivity index (χ1n) is 8.34. The van der Waals surface area contributed by atoms with Gasteiger partial charge in [0.25, 0.3) is 0 Å². The number of alkyl halides is 3. The minimum Gasteiger partial charge on any atom is -0.467 e. The number of fused-ring (bicyclic) bond motifs is 1. The zero-order valence-corrected chi connectivity index (χ0v) is 14.3. The topological polar surface area (TPSA) is 82.3 Å². The van der Waals surface area contributed by atoms with Crippen LogP contribution in [0.5, 0.6) is 5.88 Å². The predicted molar refractivity (Wildman–Crippen MR) is 90.3 cm³/mol. The van der Waals surface area contributed by atoms with E-state index >= 15 is 0 Å². The highest BCUT2D eigenvalue weighted by Crippen LogP contribution is 2.29. The van der Waals surface area contributed by atoms with E-state index in [0.717, 1.165) is 0 Å². The Morgan fingerprint density at radius 2 is 1.78 bits per heavy atom. The van der Waals surface area contributed by atoms with Crippen molar-refractivity contribution in [2.75, 3.05) is 24.6 Å². The van der Waals surface area contributed by atoms with Crippen molar-refractivity contribution >= 4 is 5.82 Å². The summed E-state index contributed by atoms with van der Waals surface area (Å²) in [6.07, 6.45) is -3.15. The Labute approximate surface area is 153 Å². The Morgan fingerprint density at radius 1 is 1.15 bits per heavy atom. The van der Waals surface area contributed by atoms with Crippen molar-refractivity contribution in [1.29, 1.82) is 5.26 Å². The van der Waals surface area contributed by atoms with Crippen LogP contribution in [0, 0.1) is 11.3 Å². The van der Waals surface area contributed by atoms with Gasteiger partial charge in [-0.1, -0.05) is 24.3 Å². The SMILES string of the molecule is N#Cc1c(OCC(F)(F)F)nc(CO)nc1N1CCc2ccccc2CC1. The van der Waals surface area contributed by atoms with Crippen molar-refractivity contribution in [3.63, 3.8) is 0 Å². The smallest absolute Gasteiger partial charge is 0.422 e. The molecule has 0 saturated heterocycles. The number of rotatable bonds is 4. The molecule has 1 aromatic carbocycles. The van der Waals surface area contributed by atoms with Gasteiger partial charge in [0.1, 0.15) is 12.7 Å². The van der Waals surface area contributed by atoms with E-state index in [1.165, 1.54) is 11.1 Å². The van der Waals surface area contributed by atoms with Crippen LogP contribution in [0.3, 0.4) is 0 Å². The lowest BCUT2D eigenvalue weighted by atomic mass is 10.0. The monoisotopic (exact) mass is 378 g/mol. The van der Waals surface area contributed by atoms with Gasteiger partial charge in [0.05, 0.1) is 0 Å². The van der Waals surface area contributed by atoms with E-state index in [1.54, 1.807) is 0 Å². The molecule has 0 spiro atoms. The van der Waals surface area contributed by atoms with Crippen molar-refractivity contribution < 1.29 is 23.0 Å². The summed E-state index contributed by atoms with van der Waals surface area (Å²) in [6.45, 7) is -1.08. The molecule has 0 fully saturated rings. The molecule has 0 aliphatic carbocycles. The minimum atomic E-state index is -4.57. The summed E-state index contributed by atoms with van der Waals surface area (Å²) in [5.74, 6) is -0.380. The fraction of sp³-hybridized carbons (Fsp3) is 0.389. The van der Waals surface area contributed by atoms with E-state index in [-0.39, 0.29) is 17.2 Å². The van der Waals surface area contributed by atoms with E-state index in [9.17, 15) is 23.5 Å². The van der Waals surface area contributed by atoms with E-state index in [4.69, 9.17) is 4.74 Å². The first-order valence-corrected chi connectivity index (χ1v) is 8.34. The number of hydrogen-bond acceptors (Lipinski definition) is 6. The average Bonchev–Trinajstić information content (AvgIpc) is 2.87. The fourth-order valence-corrected chi connectivity index (χ4v) is 3.00. The number of ether oxygens (including phenoxy) is 1. The van der Waals surface area contributed by atoms with Gasteiger partial charge in [-0.25, -0.2) is 4.98 Å². The number of nitriles is 1. The molecule has 2 aromatic rings. The number of benzene rings is 1. The lowest BCUT2D eigenvalue weighted by Gasteiger charge is -2.23. The Balaban J connectivity index is 1.93. The number of anilines is 1. The molecule has 0 atom stereocenters. The predicted octanol–water partition coefficient (Wildman–Crippen LogP) is 2.39. The molecule has 9 heteroatoms. The zero-order valence-electron chi connectivity index (χ0n) is 14.3. The molecule has 1 N–H and O–H groups in total. The quantitative estimate of drug-likeness (QED) is 0.880. The maximum atomic E-state index is 12.5. The van der Waals surface area contributed by atoms with Crippen molar-refractivity contribution in [3.8, 4) is 11.9 Å². The van der Waals surface area contributed by atoms with Crippen LogP contribution in [0.2, 0.25) is 0 Å². The standard InChI is InChI=1S/C18H17F3N4O2/c19-18(20,21)11-27-17-14(9-22)16(23-15(10-26)24-17)25-7-5-12-3-1-2-4-13(12)6-8-25/h1-4,26H,5-8,10-11H2. The number of nitrogens with zero attached hydrogens (tertiary/aromatic N) is 4. The van der Waals surface area contributed by atoms with Crippen molar-refractivity contribution in [1.82, 2.24) is 9.97 Å². The molecule has 1 aliphatic rings. The normalized spacial score (nSPS) is 14.3. The van der Waals surface area contributed by atoms with Crippen LogP contribution in [-0.2, 0) is 19.4 Å². The third-order valence-corrected chi connectivity index (χ3v) is 4.25. The summed E-state index contributed by atoms with van der Waals surface area (Å²) in [5.41, 5.74) is 2.20. The van der Waals surface area contributed by atoms with E-state index in [1.807, 2.05) is 35.2 Å². The summed E-state index contributed by atoms with van der Waals surface area (Å²) in [5, 5.41) is 18.9. The third-order valence-electron chi connectivity index (χ3n) is 4.25. The zero-order chi connectivity index (χ0) is 19.4. The summed E-state index contributed by atoms with van der Waals surface area (Å²) in [6, 6.07) is 9.81. The van der Waals surface area contributed by atoms with Crippen LogP contribution in [0.25, 0.3) is 0 Å². The van der Waals surface area contributed by atoms with Crippen LogP contribution < -0.4 is 9.64 Å². The maximum Gasteiger partial charge on any atom is 0.422 e. The fourth-order valence-electron chi connectivity index (χ4n) is 3.00. The van der Waals surface area contributed by atoms with E-state index in [0.29, 0.717) is 25.9 Å². The van der Waals surface area contributed by atoms with Gasteiger partial charge in [-0.3, -0.25) is 0 Å². The molecule has 0 bridgehead atoms. The molecular weight excluding hydrogens is 361 g/mol. The van der Waals surface area contributed by atoms with Crippen LogP contribution in [0.15, 0.2) is 24.3 Å². The van der Waals surface area contributed by atoms with Crippen LogP contribution in [-0.4, -0.2) is 40.9 Å². The molecule has 0 saturated carbocycles. The van der Waals surface area contributed by atoms with Gasteiger partial charge in [0.2, 0.25) is 5.88 Å². The second kappa shape index (κ2) is 7.80. The van der Waals surface area contributed by atoms with Crippen LogP contribution >= 0.6 is 0 Å². The molecule has 1 aromatic heterocycles.